The van der Waals surface area contributed by atoms with Crippen LogP contribution < -0.4 is 9.47 Å². The molecule has 10 heteroatoms. The fourth-order valence-corrected chi connectivity index (χ4v) is 2.80. The van der Waals surface area contributed by atoms with Gasteiger partial charge in [-0.05, 0) is 24.3 Å². The summed E-state index contributed by atoms with van der Waals surface area (Å²) in [5.74, 6) is -6.86. The molecule has 0 saturated carbocycles. The van der Waals surface area contributed by atoms with Gasteiger partial charge in [-0.15, -0.1) is 0 Å². The lowest BCUT2D eigenvalue weighted by Gasteiger charge is -2.19. The molecule has 146 valence electrons. The number of carboxylic acids is 4. The molecule has 0 amide bonds. The van der Waals surface area contributed by atoms with Gasteiger partial charge in [0.2, 0.25) is 0 Å². The molecule has 0 saturated heterocycles. The number of rotatable bonds is 7. The van der Waals surface area contributed by atoms with Crippen LogP contribution in [0.15, 0.2) is 24.3 Å². The molecule has 28 heavy (non-hydrogen) atoms. The summed E-state index contributed by atoms with van der Waals surface area (Å²) in [5, 5.41) is 38.0. The monoisotopic (exact) mass is 390 g/mol. The molecule has 0 fully saturated rings. The molecular formula is C18H14O10. The molecule has 0 aliphatic heterocycles. The van der Waals surface area contributed by atoms with Crippen molar-refractivity contribution < 1.29 is 49.1 Å². The summed E-state index contributed by atoms with van der Waals surface area (Å²) >= 11 is 0. The van der Waals surface area contributed by atoms with Gasteiger partial charge in [-0.2, -0.15) is 0 Å². The largest absolute Gasteiger partial charge is 0.496 e. The highest BCUT2D eigenvalue weighted by atomic mass is 16.5. The maximum absolute atomic E-state index is 11.9. The lowest BCUT2D eigenvalue weighted by Crippen LogP contribution is -2.15. The minimum absolute atomic E-state index is 0.175. The minimum Gasteiger partial charge on any atom is -0.496 e. The molecule has 2 aromatic rings. The lowest BCUT2D eigenvalue weighted by atomic mass is 9.88. The van der Waals surface area contributed by atoms with Crippen molar-refractivity contribution in [2.45, 2.75) is 0 Å². The van der Waals surface area contributed by atoms with Crippen LogP contribution in [0.1, 0.15) is 41.4 Å². The van der Waals surface area contributed by atoms with Crippen LogP contribution in [0.2, 0.25) is 0 Å². The fourth-order valence-electron chi connectivity index (χ4n) is 2.80. The van der Waals surface area contributed by atoms with Crippen LogP contribution in [0.5, 0.6) is 11.5 Å². The summed E-state index contributed by atoms with van der Waals surface area (Å²) in [7, 11) is 2.33. The quantitative estimate of drug-likeness (QED) is 0.550. The second kappa shape index (κ2) is 7.66. The van der Waals surface area contributed by atoms with Crippen LogP contribution in [0, 0.1) is 0 Å². The smallest absolute Gasteiger partial charge is 0.337 e. The highest BCUT2D eigenvalue weighted by Crippen LogP contribution is 2.43. The topological polar surface area (TPSA) is 168 Å². The van der Waals surface area contributed by atoms with E-state index in [2.05, 4.69) is 0 Å². The molecule has 0 aliphatic rings. The van der Waals surface area contributed by atoms with Crippen LogP contribution in [0.4, 0.5) is 0 Å². The van der Waals surface area contributed by atoms with Gasteiger partial charge in [-0.3, -0.25) is 0 Å². The van der Waals surface area contributed by atoms with Crippen molar-refractivity contribution in [3.63, 3.8) is 0 Å². The maximum atomic E-state index is 11.9. The van der Waals surface area contributed by atoms with Crippen molar-refractivity contribution in [2.24, 2.45) is 0 Å². The summed E-state index contributed by atoms with van der Waals surface area (Å²) in [5.41, 5.74) is -3.66. The predicted octanol–water partition coefficient (Wildman–Crippen LogP) is 2.16. The third-order valence-electron chi connectivity index (χ3n) is 3.91. The number of hydrogen-bond donors (Lipinski definition) is 4. The lowest BCUT2D eigenvalue weighted by molar-refractivity contribution is 0.0649. The van der Waals surface area contributed by atoms with Crippen LogP contribution in [0.25, 0.3) is 11.1 Å². The molecule has 0 unspecified atom stereocenters. The number of benzene rings is 2. The van der Waals surface area contributed by atoms with E-state index in [0.717, 1.165) is 24.3 Å². The first-order chi connectivity index (χ1) is 13.1. The predicted molar refractivity (Wildman–Crippen MR) is 92.8 cm³/mol. The molecular weight excluding hydrogens is 376 g/mol. The number of hydrogen-bond acceptors (Lipinski definition) is 6. The average Bonchev–Trinajstić information content (AvgIpc) is 2.64. The Hall–Kier alpha value is -4.08. The molecule has 0 atom stereocenters. The molecule has 0 heterocycles. The Morgan fingerprint density at radius 2 is 0.929 bits per heavy atom. The Bertz CT molecular complexity index is 924. The number of ether oxygens (including phenoxy) is 2. The minimum atomic E-state index is -1.68. The fraction of sp³-hybridized carbons (Fsp3) is 0.111. The van der Waals surface area contributed by atoms with Gasteiger partial charge in [-0.25, -0.2) is 19.2 Å². The number of methoxy groups -OCH3 is 2. The van der Waals surface area contributed by atoms with Gasteiger partial charge in [0, 0.05) is 11.1 Å². The van der Waals surface area contributed by atoms with E-state index >= 15 is 0 Å². The van der Waals surface area contributed by atoms with Gasteiger partial charge >= 0.3 is 23.9 Å². The SMILES string of the molecule is COc1ccc(C(=O)O)c(C(=O)O)c1-c1c(OC)ccc(C(=O)O)c1C(=O)O. The number of carbonyl (C=O) groups is 4. The number of carboxylic acid groups (broad SMARTS) is 4. The molecule has 2 aromatic carbocycles. The maximum Gasteiger partial charge on any atom is 0.337 e. The molecule has 4 N–H and O–H groups in total. The number of aromatic carboxylic acids is 4. The Labute approximate surface area is 157 Å². The zero-order chi connectivity index (χ0) is 21.2. The Balaban J connectivity index is 3.19. The van der Waals surface area contributed by atoms with Crippen molar-refractivity contribution in [3.05, 3.63) is 46.5 Å². The molecule has 10 nitrogen and oxygen atoms in total. The van der Waals surface area contributed by atoms with Crippen molar-refractivity contribution >= 4 is 23.9 Å². The van der Waals surface area contributed by atoms with E-state index in [9.17, 15) is 39.6 Å². The van der Waals surface area contributed by atoms with E-state index in [0.29, 0.717) is 0 Å². The van der Waals surface area contributed by atoms with E-state index in [1.165, 1.54) is 14.2 Å². The van der Waals surface area contributed by atoms with Gasteiger partial charge in [0.1, 0.15) is 11.5 Å². The van der Waals surface area contributed by atoms with Gasteiger partial charge in [0.05, 0.1) is 36.5 Å². The van der Waals surface area contributed by atoms with Crippen molar-refractivity contribution in [2.75, 3.05) is 14.2 Å². The van der Waals surface area contributed by atoms with Gasteiger partial charge < -0.3 is 29.9 Å². The summed E-state index contributed by atoms with van der Waals surface area (Å²) in [4.78, 5) is 46.8. The first kappa shape index (κ1) is 20.2. The molecule has 0 aromatic heterocycles. The summed E-state index contributed by atoms with van der Waals surface area (Å²) < 4.78 is 10.2. The van der Waals surface area contributed by atoms with Gasteiger partial charge in [0.25, 0.3) is 0 Å². The average molecular weight is 390 g/mol. The molecule has 0 spiro atoms. The zero-order valence-corrected chi connectivity index (χ0v) is 14.5. The van der Waals surface area contributed by atoms with E-state index in [1.807, 2.05) is 0 Å². The third kappa shape index (κ3) is 3.30. The summed E-state index contributed by atoms with van der Waals surface area (Å²) in [6.07, 6.45) is 0. The van der Waals surface area contributed by atoms with Crippen molar-refractivity contribution in [1.29, 1.82) is 0 Å². The molecule has 0 radical (unpaired) electrons. The molecule has 2 rings (SSSR count). The highest BCUT2D eigenvalue weighted by molar-refractivity contribution is 6.13. The second-order valence-electron chi connectivity index (χ2n) is 5.35. The first-order valence-electron chi connectivity index (χ1n) is 7.51. The van der Waals surface area contributed by atoms with Crippen LogP contribution >= 0.6 is 0 Å². The first-order valence-corrected chi connectivity index (χ1v) is 7.51. The van der Waals surface area contributed by atoms with Crippen LogP contribution in [-0.4, -0.2) is 58.5 Å². The van der Waals surface area contributed by atoms with Crippen molar-refractivity contribution in [1.82, 2.24) is 0 Å². The van der Waals surface area contributed by atoms with Gasteiger partial charge in [0.15, 0.2) is 0 Å². The van der Waals surface area contributed by atoms with Crippen LogP contribution in [0.3, 0.4) is 0 Å². The van der Waals surface area contributed by atoms with E-state index < -0.39 is 57.3 Å². The van der Waals surface area contributed by atoms with E-state index in [4.69, 9.17) is 9.47 Å². The third-order valence-corrected chi connectivity index (χ3v) is 3.91. The normalized spacial score (nSPS) is 10.2. The van der Waals surface area contributed by atoms with E-state index in [-0.39, 0.29) is 11.5 Å². The molecule has 0 aliphatic carbocycles. The standard InChI is InChI=1S/C18H14O10/c1-27-9-5-3-7(15(19)20)11(17(23)24)13(9)14-10(28-2)6-4-8(16(21)22)12(14)18(25)26/h3-6H,1-2H3,(H,19,20)(H,21,22)(H,23,24)(H,25,26). The highest BCUT2D eigenvalue weighted by Gasteiger charge is 2.32. The second-order valence-corrected chi connectivity index (χ2v) is 5.35. The van der Waals surface area contributed by atoms with E-state index in [1.54, 1.807) is 0 Å². The van der Waals surface area contributed by atoms with Crippen LogP contribution in [-0.2, 0) is 0 Å². The summed E-state index contributed by atoms with van der Waals surface area (Å²) in [6, 6.07) is 4.26. The van der Waals surface area contributed by atoms with Crippen molar-refractivity contribution in [3.8, 4) is 22.6 Å². The van der Waals surface area contributed by atoms with Gasteiger partial charge in [-0.1, -0.05) is 0 Å². The summed E-state index contributed by atoms with van der Waals surface area (Å²) in [6.45, 7) is 0. The Morgan fingerprint density at radius 3 is 1.14 bits per heavy atom. The Morgan fingerprint density at radius 1 is 0.607 bits per heavy atom. The zero-order valence-electron chi connectivity index (χ0n) is 14.5. The molecule has 0 bridgehead atoms. The Kier molecular flexibility index (Phi) is 5.53.